The molecule has 122 valence electrons. The second-order valence-electron chi connectivity index (χ2n) is 6.16. The van der Waals surface area contributed by atoms with Crippen molar-refractivity contribution in [1.82, 2.24) is 14.7 Å². The molecule has 0 spiro atoms. The number of carbonyl (C=O) groups excluding carboxylic acids is 1. The molecule has 1 aromatic rings. The predicted octanol–water partition coefficient (Wildman–Crippen LogP) is -0.177. The number of aryl methyl sites for hydroxylation is 1. The van der Waals surface area contributed by atoms with E-state index in [-0.39, 0.29) is 17.9 Å². The lowest BCUT2D eigenvalue weighted by molar-refractivity contribution is -0.135. The summed E-state index contributed by atoms with van der Waals surface area (Å²) in [6, 6.07) is -0.381. The number of hydrogen-bond acceptors (Lipinski definition) is 5. The Kier molecular flexibility index (Phi) is 4.63. The molecule has 2 N–H and O–H groups in total. The Morgan fingerprint density at radius 3 is 2.59 bits per heavy atom. The molecule has 7 nitrogen and oxygen atoms in total. The van der Waals surface area contributed by atoms with Crippen LogP contribution in [0.5, 0.6) is 0 Å². The lowest BCUT2D eigenvalue weighted by atomic mass is 9.91. The van der Waals surface area contributed by atoms with E-state index < -0.39 is 0 Å². The van der Waals surface area contributed by atoms with Crippen molar-refractivity contribution in [2.75, 3.05) is 44.3 Å². The fourth-order valence-electron chi connectivity index (χ4n) is 3.24. The van der Waals surface area contributed by atoms with E-state index in [1.807, 2.05) is 24.3 Å². The van der Waals surface area contributed by atoms with Crippen molar-refractivity contribution in [3.05, 3.63) is 12.4 Å². The highest BCUT2D eigenvalue weighted by Gasteiger charge is 2.31. The molecule has 0 radical (unpaired) electrons. The van der Waals surface area contributed by atoms with Crippen molar-refractivity contribution < 1.29 is 9.53 Å². The van der Waals surface area contributed by atoms with Gasteiger partial charge < -0.3 is 20.3 Å². The lowest BCUT2D eigenvalue weighted by Crippen LogP contribution is -2.55. The molecule has 7 heteroatoms. The van der Waals surface area contributed by atoms with Crippen LogP contribution in [0.2, 0.25) is 0 Å². The van der Waals surface area contributed by atoms with Gasteiger partial charge in [0, 0.05) is 52.6 Å². The lowest BCUT2D eigenvalue weighted by Gasteiger charge is -2.38. The van der Waals surface area contributed by atoms with Crippen LogP contribution in [0.25, 0.3) is 0 Å². The molecule has 1 unspecified atom stereocenters. The molecule has 22 heavy (non-hydrogen) atoms. The summed E-state index contributed by atoms with van der Waals surface area (Å²) in [5, 5.41) is 4.20. The van der Waals surface area contributed by atoms with Gasteiger partial charge in [-0.3, -0.25) is 9.48 Å². The minimum Gasteiger partial charge on any atom is -0.381 e. The molecular formula is C15H25N5O2. The Hall–Kier alpha value is -1.60. The standard InChI is InChI=1S/C15H25N5O2/c1-18-11-13(10-17-18)19-4-6-20(7-5-19)15(21)14(16)12-2-8-22-9-3-12/h10-12,14H,2-9,16H2,1H3. The molecule has 0 aromatic carbocycles. The van der Waals surface area contributed by atoms with Gasteiger partial charge in [-0.15, -0.1) is 0 Å². The number of ether oxygens (including phenoxy) is 1. The van der Waals surface area contributed by atoms with Gasteiger partial charge in [0.1, 0.15) is 0 Å². The van der Waals surface area contributed by atoms with Gasteiger partial charge in [0.25, 0.3) is 0 Å². The first-order chi connectivity index (χ1) is 10.6. The van der Waals surface area contributed by atoms with Crippen LogP contribution in [0.4, 0.5) is 5.69 Å². The van der Waals surface area contributed by atoms with Crippen LogP contribution in [0.3, 0.4) is 0 Å². The van der Waals surface area contributed by atoms with Crippen LogP contribution in [-0.4, -0.2) is 66.0 Å². The molecule has 0 aliphatic carbocycles. The van der Waals surface area contributed by atoms with E-state index in [1.54, 1.807) is 4.68 Å². The quantitative estimate of drug-likeness (QED) is 0.838. The molecule has 2 fully saturated rings. The molecule has 1 amide bonds. The molecule has 0 bridgehead atoms. The topological polar surface area (TPSA) is 76.6 Å². The van der Waals surface area contributed by atoms with E-state index in [9.17, 15) is 4.79 Å². The van der Waals surface area contributed by atoms with Gasteiger partial charge in [-0.05, 0) is 18.8 Å². The monoisotopic (exact) mass is 307 g/mol. The smallest absolute Gasteiger partial charge is 0.239 e. The normalized spacial score (nSPS) is 21.9. The largest absolute Gasteiger partial charge is 0.381 e. The van der Waals surface area contributed by atoms with Crippen LogP contribution >= 0.6 is 0 Å². The zero-order valence-corrected chi connectivity index (χ0v) is 13.1. The summed E-state index contributed by atoms with van der Waals surface area (Å²) in [6.07, 6.45) is 5.65. The molecule has 1 aromatic heterocycles. The zero-order valence-electron chi connectivity index (χ0n) is 13.1. The Bertz CT molecular complexity index is 504. The van der Waals surface area contributed by atoms with E-state index in [4.69, 9.17) is 10.5 Å². The number of hydrogen-bond donors (Lipinski definition) is 1. The fourth-order valence-corrected chi connectivity index (χ4v) is 3.24. The second-order valence-corrected chi connectivity index (χ2v) is 6.16. The molecule has 3 heterocycles. The van der Waals surface area contributed by atoms with Gasteiger partial charge >= 0.3 is 0 Å². The average molecular weight is 307 g/mol. The number of carbonyl (C=O) groups is 1. The van der Waals surface area contributed by atoms with Gasteiger partial charge in [0.15, 0.2) is 0 Å². The highest BCUT2D eigenvalue weighted by molar-refractivity contribution is 5.82. The third-order valence-electron chi connectivity index (χ3n) is 4.71. The van der Waals surface area contributed by atoms with Crippen molar-refractivity contribution in [2.24, 2.45) is 18.7 Å². The number of rotatable bonds is 3. The second kappa shape index (κ2) is 6.66. The van der Waals surface area contributed by atoms with E-state index >= 15 is 0 Å². The number of anilines is 1. The van der Waals surface area contributed by atoms with Gasteiger partial charge in [-0.25, -0.2) is 0 Å². The van der Waals surface area contributed by atoms with Crippen LogP contribution < -0.4 is 10.6 Å². The van der Waals surface area contributed by atoms with Gasteiger partial charge in [-0.1, -0.05) is 0 Å². The van der Waals surface area contributed by atoms with Crippen molar-refractivity contribution >= 4 is 11.6 Å². The maximum atomic E-state index is 12.6. The van der Waals surface area contributed by atoms with Crippen LogP contribution in [-0.2, 0) is 16.6 Å². The molecule has 2 aliphatic heterocycles. The summed E-state index contributed by atoms with van der Waals surface area (Å²) in [5.74, 6) is 0.357. The summed E-state index contributed by atoms with van der Waals surface area (Å²) in [5.41, 5.74) is 7.31. The highest BCUT2D eigenvalue weighted by Crippen LogP contribution is 2.20. The Morgan fingerprint density at radius 1 is 1.32 bits per heavy atom. The van der Waals surface area contributed by atoms with Gasteiger partial charge in [0.05, 0.1) is 17.9 Å². The number of aromatic nitrogens is 2. The van der Waals surface area contributed by atoms with Crippen molar-refractivity contribution in [2.45, 2.75) is 18.9 Å². The molecule has 3 rings (SSSR count). The van der Waals surface area contributed by atoms with Crippen molar-refractivity contribution in [3.8, 4) is 0 Å². The maximum absolute atomic E-state index is 12.6. The van der Waals surface area contributed by atoms with Crippen LogP contribution in [0, 0.1) is 5.92 Å². The van der Waals surface area contributed by atoms with Gasteiger partial charge in [0.2, 0.25) is 5.91 Å². The Labute approximate surface area is 131 Å². The SMILES string of the molecule is Cn1cc(N2CCN(C(=O)C(N)C3CCOCC3)CC2)cn1. The van der Waals surface area contributed by atoms with E-state index in [0.29, 0.717) is 0 Å². The third-order valence-corrected chi connectivity index (χ3v) is 4.71. The first-order valence-electron chi connectivity index (χ1n) is 8.01. The number of amides is 1. The minimum absolute atomic E-state index is 0.0951. The Balaban J connectivity index is 1.53. The van der Waals surface area contributed by atoms with Gasteiger partial charge in [-0.2, -0.15) is 5.10 Å². The van der Waals surface area contributed by atoms with Crippen LogP contribution in [0.15, 0.2) is 12.4 Å². The molecule has 2 saturated heterocycles. The summed E-state index contributed by atoms with van der Waals surface area (Å²) in [7, 11) is 1.91. The van der Waals surface area contributed by atoms with E-state index in [1.165, 1.54) is 0 Å². The van der Waals surface area contributed by atoms with Crippen LogP contribution in [0.1, 0.15) is 12.8 Å². The minimum atomic E-state index is -0.381. The highest BCUT2D eigenvalue weighted by atomic mass is 16.5. The summed E-state index contributed by atoms with van der Waals surface area (Å²) in [4.78, 5) is 16.7. The van der Waals surface area contributed by atoms with E-state index in [0.717, 1.165) is 57.9 Å². The average Bonchev–Trinajstić information content (AvgIpc) is 3.01. The first-order valence-corrected chi connectivity index (χ1v) is 8.01. The zero-order chi connectivity index (χ0) is 15.5. The molecule has 2 aliphatic rings. The Morgan fingerprint density at radius 2 is 2.00 bits per heavy atom. The number of nitrogens with two attached hydrogens (primary N) is 1. The summed E-state index contributed by atoms with van der Waals surface area (Å²) in [6.45, 7) is 4.56. The van der Waals surface area contributed by atoms with E-state index in [2.05, 4.69) is 10.00 Å². The number of nitrogens with zero attached hydrogens (tertiary/aromatic N) is 4. The fraction of sp³-hybridized carbons (Fsp3) is 0.733. The maximum Gasteiger partial charge on any atom is 0.239 e. The predicted molar refractivity (Wildman–Crippen MR) is 83.5 cm³/mol. The molecule has 1 atom stereocenters. The van der Waals surface area contributed by atoms with Crippen molar-refractivity contribution in [1.29, 1.82) is 0 Å². The number of piperazine rings is 1. The summed E-state index contributed by atoms with van der Waals surface area (Å²) >= 11 is 0. The molecular weight excluding hydrogens is 282 g/mol. The molecule has 0 saturated carbocycles. The van der Waals surface area contributed by atoms with Crippen molar-refractivity contribution in [3.63, 3.8) is 0 Å². The summed E-state index contributed by atoms with van der Waals surface area (Å²) < 4.78 is 7.14. The third kappa shape index (κ3) is 3.25. The first kappa shape index (κ1) is 15.3.